The Kier molecular flexibility index (Phi) is 7.74. The van der Waals surface area contributed by atoms with Crippen LogP contribution in [0.2, 0.25) is 10.0 Å². The molecule has 0 saturated heterocycles. The van der Waals surface area contributed by atoms with Gasteiger partial charge in [-0.25, -0.2) is 15.0 Å². The maximum Gasteiger partial charge on any atom is 0.187 e. The Labute approximate surface area is 234 Å². The van der Waals surface area contributed by atoms with Crippen LogP contribution in [0.4, 0.5) is 0 Å². The zero-order chi connectivity index (χ0) is 26.6. The molecule has 0 atom stereocenters. The highest BCUT2D eigenvalue weighted by Gasteiger charge is 2.25. The van der Waals surface area contributed by atoms with E-state index in [1.165, 1.54) is 11.8 Å². The Morgan fingerprint density at radius 3 is 2.37 bits per heavy atom. The SMILES string of the molecule is COc1ccc(COc2cccc(-c3nc(-c4c(Cl)cccc4Cl)n(O)c3-c3ccnc(SC)n3)c2)cc1. The molecule has 0 unspecified atom stereocenters. The van der Waals surface area contributed by atoms with Gasteiger partial charge in [0.1, 0.15) is 29.5 Å². The highest BCUT2D eigenvalue weighted by molar-refractivity contribution is 7.98. The smallest absolute Gasteiger partial charge is 0.187 e. The lowest BCUT2D eigenvalue weighted by Crippen LogP contribution is -2.00. The molecule has 7 nitrogen and oxygen atoms in total. The number of hydrogen-bond acceptors (Lipinski definition) is 7. The monoisotopic (exact) mass is 564 g/mol. The lowest BCUT2D eigenvalue weighted by molar-refractivity contribution is 0.195. The van der Waals surface area contributed by atoms with E-state index < -0.39 is 0 Å². The normalized spacial score (nSPS) is 10.9. The van der Waals surface area contributed by atoms with Crippen LogP contribution in [0.5, 0.6) is 11.5 Å². The third kappa shape index (κ3) is 5.29. The topological polar surface area (TPSA) is 82.3 Å². The summed E-state index contributed by atoms with van der Waals surface area (Å²) in [4.78, 5) is 13.6. The summed E-state index contributed by atoms with van der Waals surface area (Å²) in [6.07, 6.45) is 3.52. The van der Waals surface area contributed by atoms with Crippen LogP contribution in [-0.4, -0.2) is 38.3 Å². The van der Waals surface area contributed by atoms with Gasteiger partial charge in [0.15, 0.2) is 11.0 Å². The summed E-state index contributed by atoms with van der Waals surface area (Å²) in [6.45, 7) is 0.373. The van der Waals surface area contributed by atoms with E-state index >= 15 is 0 Å². The Bertz CT molecular complexity index is 1570. The quantitative estimate of drug-likeness (QED) is 0.118. The molecule has 3 aromatic carbocycles. The van der Waals surface area contributed by atoms with E-state index in [0.717, 1.165) is 16.0 Å². The second-order valence-electron chi connectivity index (χ2n) is 8.13. The zero-order valence-corrected chi connectivity index (χ0v) is 22.8. The van der Waals surface area contributed by atoms with Crippen molar-refractivity contribution in [1.29, 1.82) is 0 Å². The molecule has 0 saturated carbocycles. The van der Waals surface area contributed by atoms with E-state index in [1.807, 2.05) is 54.8 Å². The number of nitrogens with zero attached hydrogens (tertiary/aromatic N) is 4. The van der Waals surface area contributed by atoms with Crippen LogP contribution < -0.4 is 9.47 Å². The van der Waals surface area contributed by atoms with Gasteiger partial charge in [-0.2, -0.15) is 4.73 Å². The predicted molar refractivity (Wildman–Crippen MR) is 150 cm³/mol. The van der Waals surface area contributed by atoms with E-state index in [2.05, 4.69) is 9.97 Å². The molecule has 2 heterocycles. The molecule has 0 amide bonds. The minimum Gasteiger partial charge on any atom is -0.497 e. The first-order valence-corrected chi connectivity index (χ1v) is 13.5. The summed E-state index contributed by atoms with van der Waals surface area (Å²) in [5.74, 6) is 1.62. The molecule has 0 aliphatic carbocycles. The number of benzene rings is 3. The van der Waals surface area contributed by atoms with Gasteiger partial charge in [0.2, 0.25) is 0 Å². The molecule has 0 bridgehead atoms. The molecule has 38 heavy (non-hydrogen) atoms. The first-order valence-electron chi connectivity index (χ1n) is 11.5. The van der Waals surface area contributed by atoms with Crippen LogP contribution in [0.15, 0.2) is 84.1 Å². The van der Waals surface area contributed by atoms with Gasteiger partial charge in [-0.1, -0.05) is 65.3 Å². The van der Waals surface area contributed by atoms with Gasteiger partial charge in [0.05, 0.1) is 28.4 Å². The molecule has 1 N–H and O–H groups in total. The summed E-state index contributed by atoms with van der Waals surface area (Å²) >= 11 is 14.3. The van der Waals surface area contributed by atoms with Crippen molar-refractivity contribution in [2.24, 2.45) is 0 Å². The maximum absolute atomic E-state index is 11.4. The van der Waals surface area contributed by atoms with Crippen LogP contribution >= 0.6 is 35.0 Å². The number of ether oxygens (including phenoxy) is 2. The maximum atomic E-state index is 11.4. The highest BCUT2D eigenvalue weighted by Crippen LogP contribution is 2.40. The molecule has 0 aliphatic heterocycles. The van der Waals surface area contributed by atoms with Gasteiger partial charge in [0, 0.05) is 11.8 Å². The van der Waals surface area contributed by atoms with Crippen LogP contribution in [0.25, 0.3) is 34.0 Å². The van der Waals surface area contributed by atoms with Crippen molar-refractivity contribution >= 4 is 35.0 Å². The molecule has 5 aromatic rings. The Hall–Kier alpha value is -3.72. The number of thioether (sulfide) groups is 1. The third-order valence-corrected chi connectivity index (χ3v) is 6.96. The van der Waals surface area contributed by atoms with Crippen molar-refractivity contribution < 1.29 is 14.7 Å². The molecule has 0 aliphatic rings. The van der Waals surface area contributed by atoms with Crippen molar-refractivity contribution in [3.8, 4) is 45.5 Å². The molecule has 0 fully saturated rings. The van der Waals surface area contributed by atoms with E-state index in [9.17, 15) is 5.21 Å². The minimum atomic E-state index is 0.194. The van der Waals surface area contributed by atoms with Gasteiger partial charge in [-0.15, -0.1) is 0 Å². The molecular weight excluding hydrogens is 543 g/mol. The van der Waals surface area contributed by atoms with E-state index in [1.54, 1.807) is 37.6 Å². The van der Waals surface area contributed by atoms with Crippen molar-refractivity contribution in [2.45, 2.75) is 11.8 Å². The summed E-state index contributed by atoms with van der Waals surface area (Å²) in [7, 11) is 1.63. The predicted octanol–water partition coefficient (Wildman–Crippen LogP) is 7.53. The minimum absolute atomic E-state index is 0.194. The second-order valence-corrected chi connectivity index (χ2v) is 9.72. The van der Waals surface area contributed by atoms with Crippen molar-refractivity contribution in [2.75, 3.05) is 13.4 Å². The fraction of sp³-hybridized carbons (Fsp3) is 0.107. The molecule has 192 valence electrons. The fourth-order valence-electron chi connectivity index (χ4n) is 3.91. The largest absolute Gasteiger partial charge is 0.497 e. The summed E-state index contributed by atoms with van der Waals surface area (Å²) in [5.41, 5.74) is 3.48. The average molecular weight is 565 g/mol. The Morgan fingerprint density at radius 1 is 0.921 bits per heavy atom. The number of imidazole rings is 1. The van der Waals surface area contributed by atoms with Crippen LogP contribution in [0.1, 0.15) is 5.56 Å². The van der Waals surface area contributed by atoms with Crippen molar-refractivity contribution in [3.63, 3.8) is 0 Å². The molecule has 0 spiro atoms. The Balaban J connectivity index is 1.58. The van der Waals surface area contributed by atoms with E-state index in [4.69, 9.17) is 37.7 Å². The van der Waals surface area contributed by atoms with Crippen molar-refractivity contribution in [3.05, 3.63) is 94.6 Å². The number of halogens is 2. The van der Waals surface area contributed by atoms with Gasteiger partial charge in [-0.3, -0.25) is 0 Å². The van der Waals surface area contributed by atoms with Crippen LogP contribution in [-0.2, 0) is 6.61 Å². The number of aromatic nitrogens is 4. The number of rotatable bonds is 8. The molecule has 2 aromatic heterocycles. The summed E-state index contributed by atoms with van der Waals surface area (Å²) < 4.78 is 12.3. The second kappa shape index (κ2) is 11.3. The van der Waals surface area contributed by atoms with E-state index in [-0.39, 0.29) is 5.82 Å². The van der Waals surface area contributed by atoms with Crippen LogP contribution in [0.3, 0.4) is 0 Å². The number of hydrogen-bond donors (Lipinski definition) is 1. The average Bonchev–Trinajstić information content (AvgIpc) is 3.28. The first-order chi connectivity index (χ1) is 18.5. The van der Waals surface area contributed by atoms with Crippen LogP contribution in [0, 0.1) is 0 Å². The van der Waals surface area contributed by atoms with Gasteiger partial charge < -0.3 is 14.7 Å². The van der Waals surface area contributed by atoms with Gasteiger partial charge >= 0.3 is 0 Å². The first kappa shape index (κ1) is 25.9. The van der Waals surface area contributed by atoms with Crippen molar-refractivity contribution in [1.82, 2.24) is 19.7 Å². The van der Waals surface area contributed by atoms with E-state index in [0.29, 0.717) is 55.8 Å². The van der Waals surface area contributed by atoms with Gasteiger partial charge in [-0.05, 0) is 54.3 Å². The standard InChI is InChI=1S/C28H22Cl2N4O3S/c1-36-19-11-9-17(10-12-19)16-37-20-6-3-5-18(15-20)25-26(23-13-14-31-28(32-23)38-2)34(35)27(33-25)24-21(29)7-4-8-22(24)30/h3-15,35H,16H2,1-2H3. The summed E-state index contributed by atoms with van der Waals surface area (Å²) in [5, 5.41) is 12.7. The number of methoxy groups -OCH3 is 1. The van der Waals surface area contributed by atoms with Gasteiger partial charge in [0.25, 0.3) is 0 Å². The fourth-order valence-corrected chi connectivity index (χ4v) is 4.83. The Morgan fingerprint density at radius 2 is 1.66 bits per heavy atom. The highest BCUT2D eigenvalue weighted by atomic mass is 35.5. The molecule has 10 heteroatoms. The lowest BCUT2D eigenvalue weighted by Gasteiger charge is -2.10. The lowest BCUT2D eigenvalue weighted by atomic mass is 10.1. The zero-order valence-electron chi connectivity index (χ0n) is 20.4. The molecule has 5 rings (SSSR count). The summed E-state index contributed by atoms with van der Waals surface area (Å²) in [6, 6.07) is 22.0. The molecule has 0 radical (unpaired) electrons. The third-order valence-electron chi connectivity index (χ3n) is 5.77. The molecular formula is C28H22Cl2N4O3S.